The van der Waals surface area contributed by atoms with Gasteiger partial charge in [-0.15, -0.1) is 11.8 Å². The maximum Gasteiger partial charge on any atom is 0.220 e. The van der Waals surface area contributed by atoms with Crippen molar-refractivity contribution in [1.29, 1.82) is 0 Å². The largest absolute Gasteiger partial charge is 0.497 e. The minimum atomic E-state index is -0.0801. The maximum atomic E-state index is 12.5. The maximum absolute atomic E-state index is 12.5. The smallest absolute Gasteiger partial charge is 0.220 e. The third kappa shape index (κ3) is 5.90. The van der Waals surface area contributed by atoms with E-state index in [0.29, 0.717) is 13.0 Å². The third-order valence-corrected chi connectivity index (χ3v) is 6.45. The number of benzene rings is 2. The monoisotopic (exact) mass is 415 g/mol. The van der Waals surface area contributed by atoms with Crippen molar-refractivity contribution >= 4 is 17.7 Å². The number of ether oxygens (including phenoxy) is 3. The molecule has 0 atom stereocenters. The molecule has 1 amide bonds. The normalized spacial score (nSPS) is 15.5. The molecule has 0 unspecified atom stereocenters. The summed E-state index contributed by atoms with van der Waals surface area (Å²) in [5.41, 5.74) is 1.15. The molecule has 0 spiro atoms. The minimum absolute atomic E-state index is 0.0801. The van der Waals surface area contributed by atoms with Crippen molar-refractivity contribution in [1.82, 2.24) is 5.32 Å². The molecule has 1 heterocycles. The van der Waals surface area contributed by atoms with Crippen LogP contribution >= 0.6 is 11.8 Å². The van der Waals surface area contributed by atoms with Crippen LogP contribution in [0.4, 0.5) is 0 Å². The van der Waals surface area contributed by atoms with Gasteiger partial charge >= 0.3 is 0 Å². The second kappa shape index (κ2) is 10.6. The molecule has 156 valence electrons. The zero-order valence-corrected chi connectivity index (χ0v) is 17.9. The van der Waals surface area contributed by atoms with Gasteiger partial charge in [-0.3, -0.25) is 4.79 Å². The Bertz CT molecular complexity index is 770. The van der Waals surface area contributed by atoms with E-state index in [9.17, 15) is 4.79 Å². The Balaban J connectivity index is 1.52. The first-order valence-corrected chi connectivity index (χ1v) is 10.9. The van der Waals surface area contributed by atoms with E-state index >= 15 is 0 Å². The number of methoxy groups -OCH3 is 2. The van der Waals surface area contributed by atoms with Gasteiger partial charge in [0.25, 0.3) is 0 Å². The number of carbonyl (C=O) groups excluding carboxylic acids is 1. The van der Waals surface area contributed by atoms with Crippen molar-refractivity contribution in [3.8, 4) is 11.5 Å². The van der Waals surface area contributed by atoms with Crippen LogP contribution in [0.1, 0.15) is 24.8 Å². The van der Waals surface area contributed by atoms with Crippen LogP contribution in [-0.4, -0.2) is 45.6 Å². The number of nitrogens with one attached hydrogen (secondary N) is 1. The molecule has 0 saturated carbocycles. The Hall–Kier alpha value is -2.18. The van der Waals surface area contributed by atoms with Gasteiger partial charge < -0.3 is 19.5 Å². The van der Waals surface area contributed by atoms with Gasteiger partial charge in [0.2, 0.25) is 5.91 Å². The van der Waals surface area contributed by atoms with Crippen molar-refractivity contribution in [2.45, 2.75) is 29.6 Å². The summed E-state index contributed by atoms with van der Waals surface area (Å²) in [5, 5.41) is 3.17. The topological polar surface area (TPSA) is 56.8 Å². The number of amides is 1. The first-order valence-electron chi connectivity index (χ1n) is 9.91. The zero-order chi connectivity index (χ0) is 20.5. The average Bonchev–Trinajstić information content (AvgIpc) is 2.79. The molecule has 1 aliphatic heterocycles. The number of thioether (sulfide) groups is 1. The predicted molar refractivity (Wildman–Crippen MR) is 116 cm³/mol. The van der Waals surface area contributed by atoms with Crippen molar-refractivity contribution in [3.63, 3.8) is 0 Å². The molecule has 1 fully saturated rings. The quantitative estimate of drug-likeness (QED) is 0.626. The van der Waals surface area contributed by atoms with E-state index < -0.39 is 0 Å². The number of carbonyl (C=O) groups is 1. The standard InChI is InChI=1S/C23H29NO4S/c1-26-19-5-3-18(4-6-19)23(12-14-28-15-13-23)17-24-22(25)11-16-29-21-9-7-20(27-2)8-10-21/h3-10H,11-17H2,1-2H3,(H,24,25). The van der Waals surface area contributed by atoms with Crippen molar-refractivity contribution in [2.24, 2.45) is 0 Å². The molecule has 6 heteroatoms. The molecular formula is C23H29NO4S. The summed E-state index contributed by atoms with van der Waals surface area (Å²) in [6.45, 7) is 2.07. The Morgan fingerprint density at radius 2 is 1.59 bits per heavy atom. The van der Waals surface area contributed by atoms with E-state index in [2.05, 4.69) is 17.4 Å². The molecule has 1 saturated heterocycles. The Labute approximate surface area is 177 Å². The lowest BCUT2D eigenvalue weighted by Gasteiger charge is -2.38. The molecule has 29 heavy (non-hydrogen) atoms. The first kappa shape index (κ1) is 21.5. The van der Waals surface area contributed by atoms with Crippen LogP contribution in [0.5, 0.6) is 11.5 Å². The SMILES string of the molecule is COc1ccc(SCCC(=O)NCC2(c3ccc(OC)cc3)CCOCC2)cc1. The summed E-state index contributed by atoms with van der Waals surface area (Å²) in [5.74, 6) is 2.52. The Morgan fingerprint density at radius 3 is 2.17 bits per heavy atom. The highest BCUT2D eigenvalue weighted by Gasteiger charge is 2.34. The molecule has 2 aromatic rings. The highest BCUT2D eigenvalue weighted by molar-refractivity contribution is 7.99. The summed E-state index contributed by atoms with van der Waals surface area (Å²) in [7, 11) is 3.33. The first-order chi connectivity index (χ1) is 14.1. The molecule has 0 aliphatic carbocycles. The van der Waals surface area contributed by atoms with Crippen LogP contribution in [0.15, 0.2) is 53.4 Å². The summed E-state index contributed by atoms with van der Waals surface area (Å²) in [6.07, 6.45) is 2.30. The summed E-state index contributed by atoms with van der Waals surface area (Å²) < 4.78 is 16.0. The van der Waals surface area contributed by atoms with Crippen LogP contribution < -0.4 is 14.8 Å². The second-order valence-electron chi connectivity index (χ2n) is 7.17. The third-order valence-electron chi connectivity index (χ3n) is 5.43. The van der Waals surface area contributed by atoms with Gasteiger partial charge in [0.1, 0.15) is 11.5 Å². The minimum Gasteiger partial charge on any atom is -0.497 e. The predicted octanol–water partition coefficient (Wildman–Crippen LogP) is 4.05. The Morgan fingerprint density at radius 1 is 1.00 bits per heavy atom. The summed E-state index contributed by atoms with van der Waals surface area (Å²) in [4.78, 5) is 13.6. The lowest BCUT2D eigenvalue weighted by Crippen LogP contribution is -2.44. The Kier molecular flexibility index (Phi) is 7.83. The number of hydrogen-bond acceptors (Lipinski definition) is 5. The van der Waals surface area contributed by atoms with E-state index in [0.717, 1.165) is 48.2 Å². The fourth-order valence-electron chi connectivity index (χ4n) is 3.56. The fraction of sp³-hybridized carbons (Fsp3) is 0.435. The van der Waals surface area contributed by atoms with Crippen molar-refractivity contribution < 1.29 is 19.0 Å². The molecule has 3 rings (SSSR count). The molecular weight excluding hydrogens is 386 g/mol. The van der Waals surface area contributed by atoms with Crippen LogP contribution in [0.25, 0.3) is 0 Å². The summed E-state index contributed by atoms with van der Waals surface area (Å²) >= 11 is 1.68. The van der Waals surface area contributed by atoms with Gasteiger partial charge in [-0.25, -0.2) is 0 Å². The molecule has 0 bridgehead atoms. The van der Waals surface area contributed by atoms with E-state index in [4.69, 9.17) is 14.2 Å². The van der Waals surface area contributed by atoms with Gasteiger partial charge in [-0.1, -0.05) is 12.1 Å². The molecule has 2 aromatic carbocycles. The average molecular weight is 416 g/mol. The highest BCUT2D eigenvalue weighted by Crippen LogP contribution is 2.35. The van der Waals surface area contributed by atoms with Gasteiger partial charge in [-0.05, 0) is 54.8 Å². The lowest BCUT2D eigenvalue weighted by atomic mass is 9.74. The van der Waals surface area contributed by atoms with Crippen LogP contribution in [0.3, 0.4) is 0 Å². The zero-order valence-electron chi connectivity index (χ0n) is 17.1. The van der Waals surface area contributed by atoms with Gasteiger partial charge in [0.15, 0.2) is 0 Å². The van der Waals surface area contributed by atoms with Gasteiger partial charge in [0.05, 0.1) is 14.2 Å². The van der Waals surface area contributed by atoms with Crippen molar-refractivity contribution in [3.05, 3.63) is 54.1 Å². The highest BCUT2D eigenvalue weighted by atomic mass is 32.2. The van der Waals surface area contributed by atoms with E-state index in [1.807, 2.05) is 36.4 Å². The number of rotatable bonds is 9. The lowest BCUT2D eigenvalue weighted by molar-refractivity contribution is -0.121. The summed E-state index contributed by atoms with van der Waals surface area (Å²) in [6, 6.07) is 16.1. The van der Waals surface area contributed by atoms with E-state index in [-0.39, 0.29) is 11.3 Å². The van der Waals surface area contributed by atoms with Crippen LogP contribution in [-0.2, 0) is 14.9 Å². The molecule has 1 N–H and O–H groups in total. The van der Waals surface area contributed by atoms with Gasteiger partial charge in [-0.2, -0.15) is 0 Å². The van der Waals surface area contributed by atoms with E-state index in [1.54, 1.807) is 26.0 Å². The number of hydrogen-bond donors (Lipinski definition) is 1. The van der Waals surface area contributed by atoms with Crippen LogP contribution in [0, 0.1) is 0 Å². The van der Waals surface area contributed by atoms with Crippen molar-refractivity contribution in [2.75, 3.05) is 39.7 Å². The van der Waals surface area contributed by atoms with Gasteiger partial charge in [0, 0.05) is 42.2 Å². The molecule has 5 nitrogen and oxygen atoms in total. The molecule has 0 radical (unpaired) electrons. The molecule has 1 aliphatic rings. The fourth-order valence-corrected chi connectivity index (χ4v) is 4.42. The van der Waals surface area contributed by atoms with Crippen LogP contribution in [0.2, 0.25) is 0 Å². The van der Waals surface area contributed by atoms with E-state index in [1.165, 1.54) is 5.56 Å². The second-order valence-corrected chi connectivity index (χ2v) is 8.34. The molecule has 0 aromatic heterocycles.